The predicted molar refractivity (Wildman–Crippen MR) is 88.9 cm³/mol. The number of methoxy groups -OCH3 is 2. The Labute approximate surface area is 132 Å². The fraction of sp³-hybridized carbons (Fsp3) is 0.176. The molecule has 0 atom stereocenters. The molecule has 2 heterocycles. The van der Waals surface area contributed by atoms with E-state index in [0.717, 1.165) is 33.5 Å². The number of imidazole rings is 1. The zero-order valence-corrected chi connectivity index (χ0v) is 13.1. The van der Waals surface area contributed by atoms with E-state index in [1.165, 1.54) is 0 Å². The third-order valence-corrected chi connectivity index (χ3v) is 4.07. The van der Waals surface area contributed by atoms with Crippen molar-refractivity contribution in [3.8, 4) is 23.0 Å². The Kier molecular flexibility index (Phi) is 2.97. The smallest absolute Gasteiger partial charge is 0.162 e. The number of ether oxygens (including phenoxy) is 2. The highest BCUT2D eigenvalue weighted by Gasteiger charge is 2.17. The van der Waals surface area contributed by atoms with Gasteiger partial charge in [-0.05, 0) is 18.2 Å². The lowest BCUT2D eigenvalue weighted by atomic mass is 10.2. The molecule has 0 amide bonds. The Bertz CT molecular complexity index is 1020. The molecule has 0 aliphatic carbocycles. The highest BCUT2D eigenvalue weighted by atomic mass is 16.5. The molecule has 0 aliphatic rings. The fourth-order valence-electron chi connectivity index (χ4n) is 2.87. The van der Waals surface area contributed by atoms with Crippen LogP contribution in [0.25, 0.3) is 33.5 Å². The average molecular weight is 308 g/mol. The number of rotatable bonds is 3. The van der Waals surface area contributed by atoms with E-state index in [1.807, 2.05) is 48.0 Å². The van der Waals surface area contributed by atoms with Crippen molar-refractivity contribution in [2.45, 2.75) is 0 Å². The SMILES string of the molecule is COc1cc2[nH]nc(-c3nc4ccccc4n3C)c2cc1OC. The van der Waals surface area contributed by atoms with E-state index >= 15 is 0 Å². The summed E-state index contributed by atoms with van der Waals surface area (Å²) in [4.78, 5) is 4.71. The van der Waals surface area contributed by atoms with E-state index in [2.05, 4.69) is 10.2 Å². The molecule has 0 spiro atoms. The second-order valence-corrected chi connectivity index (χ2v) is 5.31. The van der Waals surface area contributed by atoms with Crippen LogP contribution in [-0.2, 0) is 7.05 Å². The van der Waals surface area contributed by atoms with Gasteiger partial charge in [-0.3, -0.25) is 5.10 Å². The molecule has 0 bridgehead atoms. The number of nitrogens with one attached hydrogen (secondary N) is 1. The lowest BCUT2D eigenvalue weighted by molar-refractivity contribution is 0.356. The van der Waals surface area contributed by atoms with E-state index in [0.29, 0.717) is 11.5 Å². The number of hydrogen-bond donors (Lipinski definition) is 1. The van der Waals surface area contributed by atoms with Crippen molar-refractivity contribution >= 4 is 21.9 Å². The first-order chi connectivity index (χ1) is 11.2. The van der Waals surface area contributed by atoms with Crippen LogP contribution in [-0.4, -0.2) is 34.0 Å². The van der Waals surface area contributed by atoms with Crippen molar-refractivity contribution in [3.63, 3.8) is 0 Å². The molecule has 2 aromatic carbocycles. The second kappa shape index (κ2) is 5.01. The molecule has 0 aliphatic heterocycles. The van der Waals surface area contributed by atoms with Gasteiger partial charge >= 0.3 is 0 Å². The Hall–Kier alpha value is -3.02. The quantitative estimate of drug-likeness (QED) is 0.631. The highest BCUT2D eigenvalue weighted by Crippen LogP contribution is 2.36. The maximum atomic E-state index is 5.40. The van der Waals surface area contributed by atoms with Gasteiger partial charge in [0.1, 0.15) is 5.69 Å². The average Bonchev–Trinajstić information content (AvgIpc) is 3.14. The van der Waals surface area contributed by atoms with E-state index in [1.54, 1.807) is 14.2 Å². The van der Waals surface area contributed by atoms with Crippen LogP contribution < -0.4 is 9.47 Å². The van der Waals surface area contributed by atoms with Gasteiger partial charge in [0, 0.05) is 18.5 Å². The van der Waals surface area contributed by atoms with Gasteiger partial charge in [-0.25, -0.2) is 4.98 Å². The Morgan fingerprint density at radius 2 is 1.78 bits per heavy atom. The Morgan fingerprint density at radius 3 is 2.52 bits per heavy atom. The summed E-state index contributed by atoms with van der Waals surface area (Å²) in [6.07, 6.45) is 0. The van der Waals surface area contributed by atoms with Crippen molar-refractivity contribution in [1.29, 1.82) is 0 Å². The van der Waals surface area contributed by atoms with Gasteiger partial charge in [-0.1, -0.05) is 12.1 Å². The Balaban J connectivity index is 1.99. The molecule has 1 N–H and O–H groups in total. The fourth-order valence-corrected chi connectivity index (χ4v) is 2.87. The van der Waals surface area contributed by atoms with Crippen molar-refractivity contribution in [2.24, 2.45) is 7.05 Å². The molecule has 0 radical (unpaired) electrons. The highest BCUT2D eigenvalue weighted by molar-refractivity contribution is 5.95. The molecular weight excluding hydrogens is 292 g/mol. The number of benzene rings is 2. The first-order valence-corrected chi connectivity index (χ1v) is 7.25. The van der Waals surface area contributed by atoms with Crippen LogP contribution in [0, 0.1) is 0 Å². The Morgan fingerprint density at radius 1 is 1.04 bits per heavy atom. The molecule has 0 saturated heterocycles. The summed E-state index contributed by atoms with van der Waals surface area (Å²) < 4.78 is 12.8. The summed E-state index contributed by atoms with van der Waals surface area (Å²) in [5.41, 5.74) is 3.69. The number of hydrogen-bond acceptors (Lipinski definition) is 4. The number of aryl methyl sites for hydroxylation is 1. The largest absolute Gasteiger partial charge is 0.493 e. The van der Waals surface area contributed by atoms with Crippen LogP contribution in [0.3, 0.4) is 0 Å². The van der Waals surface area contributed by atoms with Gasteiger partial charge < -0.3 is 14.0 Å². The molecule has 0 unspecified atom stereocenters. The molecule has 2 aromatic heterocycles. The summed E-state index contributed by atoms with van der Waals surface area (Å²) in [5, 5.41) is 8.44. The van der Waals surface area contributed by atoms with E-state index in [-0.39, 0.29) is 0 Å². The maximum Gasteiger partial charge on any atom is 0.162 e. The van der Waals surface area contributed by atoms with Gasteiger partial charge in [-0.15, -0.1) is 0 Å². The number of nitrogens with zero attached hydrogens (tertiary/aromatic N) is 3. The van der Waals surface area contributed by atoms with Crippen LogP contribution in [0.15, 0.2) is 36.4 Å². The van der Waals surface area contributed by atoms with Gasteiger partial charge in [0.15, 0.2) is 17.3 Å². The minimum Gasteiger partial charge on any atom is -0.493 e. The maximum absolute atomic E-state index is 5.40. The van der Waals surface area contributed by atoms with E-state index < -0.39 is 0 Å². The number of para-hydroxylation sites is 2. The van der Waals surface area contributed by atoms with Crippen LogP contribution in [0.5, 0.6) is 11.5 Å². The topological polar surface area (TPSA) is 65.0 Å². The molecule has 0 fully saturated rings. The van der Waals surface area contributed by atoms with Gasteiger partial charge in [0.2, 0.25) is 0 Å². The molecule has 4 rings (SSSR count). The van der Waals surface area contributed by atoms with E-state index in [9.17, 15) is 0 Å². The van der Waals surface area contributed by atoms with Crippen LogP contribution >= 0.6 is 0 Å². The van der Waals surface area contributed by atoms with Crippen LogP contribution in [0.1, 0.15) is 0 Å². The van der Waals surface area contributed by atoms with Crippen molar-refractivity contribution < 1.29 is 9.47 Å². The van der Waals surface area contributed by atoms with E-state index in [4.69, 9.17) is 14.5 Å². The van der Waals surface area contributed by atoms with Crippen LogP contribution in [0.2, 0.25) is 0 Å². The third kappa shape index (κ3) is 1.95. The summed E-state index contributed by atoms with van der Waals surface area (Å²) in [7, 11) is 5.23. The normalized spacial score (nSPS) is 11.3. The monoisotopic (exact) mass is 308 g/mol. The van der Waals surface area contributed by atoms with Gasteiger partial charge in [-0.2, -0.15) is 5.10 Å². The molecular formula is C17H16N4O2. The second-order valence-electron chi connectivity index (χ2n) is 5.31. The molecule has 0 saturated carbocycles. The zero-order valence-electron chi connectivity index (χ0n) is 13.1. The molecule has 6 nitrogen and oxygen atoms in total. The summed E-state index contributed by atoms with van der Waals surface area (Å²) in [6, 6.07) is 11.8. The zero-order chi connectivity index (χ0) is 16.0. The molecule has 4 aromatic rings. The molecule has 116 valence electrons. The van der Waals surface area contributed by atoms with Crippen LogP contribution in [0.4, 0.5) is 0 Å². The first-order valence-electron chi connectivity index (χ1n) is 7.25. The number of aromatic nitrogens is 4. The minimum absolute atomic E-state index is 0.667. The number of fused-ring (bicyclic) bond motifs is 2. The van der Waals surface area contributed by atoms with Crippen molar-refractivity contribution in [2.75, 3.05) is 14.2 Å². The standard InChI is InChI=1S/C17H16N4O2/c1-21-13-7-5-4-6-11(13)18-17(21)16-10-8-14(22-2)15(23-3)9-12(10)19-20-16/h4-9H,1-3H3,(H,19,20). The summed E-state index contributed by atoms with van der Waals surface area (Å²) >= 11 is 0. The molecule has 6 heteroatoms. The van der Waals surface area contributed by atoms with Crippen molar-refractivity contribution in [1.82, 2.24) is 19.7 Å². The molecule has 23 heavy (non-hydrogen) atoms. The van der Waals surface area contributed by atoms with Gasteiger partial charge in [0.05, 0.1) is 30.8 Å². The number of aromatic amines is 1. The van der Waals surface area contributed by atoms with Crippen molar-refractivity contribution in [3.05, 3.63) is 36.4 Å². The first kappa shape index (κ1) is 13.6. The third-order valence-electron chi connectivity index (χ3n) is 4.07. The number of H-pyrrole nitrogens is 1. The lowest BCUT2D eigenvalue weighted by Gasteiger charge is -2.07. The lowest BCUT2D eigenvalue weighted by Crippen LogP contribution is -1.94. The summed E-state index contributed by atoms with van der Waals surface area (Å²) in [5.74, 6) is 2.14. The van der Waals surface area contributed by atoms with Gasteiger partial charge in [0.25, 0.3) is 0 Å². The predicted octanol–water partition coefficient (Wildman–Crippen LogP) is 3.13. The summed E-state index contributed by atoms with van der Waals surface area (Å²) in [6.45, 7) is 0. The minimum atomic E-state index is 0.667.